The molecule has 1 aromatic carbocycles. The molecule has 0 heterocycles. The number of hydrogen-bond acceptors (Lipinski definition) is 1. The molecule has 3 nitrogen and oxygen atoms in total. The first-order valence-electron chi connectivity index (χ1n) is 9.33. The Labute approximate surface area is 145 Å². The molecule has 0 radical (unpaired) electrons. The number of anilines is 1. The predicted molar refractivity (Wildman–Crippen MR) is 102 cm³/mol. The highest BCUT2D eigenvalue weighted by Gasteiger charge is 2.57. The Hall–Kier alpha value is -1.77. The van der Waals surface area contributed by atoms with Crippen LogP contribution in [0.15, 0.2) is 29.8 Å². The van der Waals surface area contributed by atoms with Crippen LogP contribution in [0.1, 0.15) is 43.2 Å². The van der Waals surface area contributed by atoms with Gasteiger partial charge in [0.05, 0.1) is 0 Å². The fourth-order valence-electron chi connectivity index (χ4n) is 5.88. The summed E-state index contributed by atoms with van der Waals surface area (Å²) in [7, 11) is 1.86. The third kappa shape index (κ3) is 2.54. The first-order chi connectivity index (χ1) is 11.6. The second kappa shape index (κ2) is 5.94. The van der Waals surface area contributed by atoms with E-state index in [0.717, 1.165) is 41.5 Å². The fraction of sp³-hybridized carbons (Fsp3) is 0.571. The average molecular weight is 323 g/mol. The van der Waals surface area contributed by atoms with Gasteiger partial charge in [0, 0.05) is 24.8 Å². The van der Waals surface area contributed by atoms with Crippen LogP contribution in [-0.4, -0.2) is 19.6 Å². The molecule has 4 bridgehead atoms. The van der Waals surface area contributed by atoms with E-state index in [2.05, 4.69) is 47.3 Å². The minimum atomic E-state index is 0.541. The van der Waals surface area contributed by atoms with Crippen LogP contribution in [-0.2, 0) is 0 Å². The second-order valence-corrected chi connectivity index (χ2v) is 8.20. The van der Waals surface area contributed by atoms with E-state index < -0.39 is 0 Å². The Morgan fingerprint density at radius 2 is 2.04 bits per heavy atom. The number of hydrogen-bond donors (Lipinski definition) is 2. The lowest BCUT2D eigenvalue weighted by Crippen LogP contribution is -2.41. The van der Waals surface area contributed by atoms with Crippen molar-refractivity contribution in [2.24, 2.45) is 28.2 Å². The molecule has 128 valence electrons. The Morgan fingerprint density at radius 3 is 2.71 bits per heavy atom. The van der Waals surface area contributed by atoms with Gasteiger partial charge in [0.1, 0.15) is 0 Å². The highest BCUT2D eigenvalue weighted by Crippen LogP contribution is 2.65. The second-order valence-electron chi connectivity index (χ2n) is 8.20. The van der Waals surface area contributed by atoms with Crippen molar-refractivity contribution in [2.45, 2.75) is 39.0 Å². The number of aliphatic imine (C=N–C) groups is 1. The first kappa shape index (κ1) is 15.7. The van der Waals surface area contributed by atoms with Crippen molar-refractivity contribution in [1.29, 1.82) is 0 Å². The maximum atomic E-state index is 4.45. The SMILES string of the molecule is C=Cc1c(C)cccc1NC(=NC)NCC12CC3CC(CC1C3)C2. The summed E-state index contributed by atoms with van der Waals surface area (Å²) in [6.45, 7) is 7.14. The van der Waals surface area contributed by atoms with Gasteiger partial charge in [-0.25, -0.2) is 0 Å². The minimum absolute atomic E-state index is 0.541. The van der Waals surface area contributed by atoms with Crippen LogP contribution in [0.3, 0.4) is 0 Å². The van der Waals surface area contributed by atoms with E-state index in [4.69, 9.17) is 0 Å². The molecule has 2 unspecified atom stereocenters. The number of aryl methyl sites for hydroxylation is 1. The molecule has 4 fully saturated rings. The quantitative estimate of drug-likeness (QED) is 0.634. The van der Waals surface area contributed by atoms with Crippen molar-refractivity contribution in [3.63, 3.8) is 0 Å². The van der Waals surface area contributed by atoms with Crippen LogP contribution in [0.25, 0.3) is 6.08 Å². The average Bonchev–Trinajstić information content (AvgIpc) is 2.96. The monoisotopic (exact) mass is 323 g/mol. The lowest BCUT2D eigenvalue weighted by molar-refractivity contribution is 0.202. The summed E-state index contributed by atoms with van der Waals surface area (Å²) in [5.41, 5.74) is 4.00. The Morgan fingerprint density at radius 1 is 1.29 bits per heavy atom. The van der Waals surface area contributed by atoms with E-state index in [9.17, 15) is 0 Å². The number of rotatable bonds is 4. The lowest BCUT2D eigenvalue weighted by Gasteiger charge is -2.33. The third-order valence-electron chi connectivity index (χ3n) is 6.77. The summed E-state index contributed by atoms with van der Waals surface area (Å²) in [5, 5.41) is 7.12. The van der Waals surface area contributed by atoms with Gasteiger partial charge < -0.3 is 10.6 Å². The van der Waals surface area contributed by atoms with Crippen molar-refractivity contribution in [3.05, 3.63) is 35.9 Å². The zero-order valence-corrected chi connectivity index (χ0v) is 14.9. The van der Waals surface area contributed by atoms with Crippen LogP contribution in [0.4, 0.5) is 5.69 Å². The van der Waals surface area contributed by atoms with Gasteiger partial charge in [0.2, 0.25) is 0 Å². The topological polar surface area (TPSA) is 36.4 Å². The molecule has 2 N–H and O–H groups in total. The van der Waals surface area contributed by atoms with Crippen molar-refractivity contribution in [3.8, 4) is 0 Å². The third-order valence-corrected chi connectivity index (χ3v) is 6.77. The van der Waals surface area contributed by atoms with Gasteiger partial charge in [0.15, 0.2) is 5.96 Å². The molecule has 3 heteroatoms. The molecule has 0 spiro atoms. The lowest BCUT2D eigenvalue weighted by atomic mass is 9.75. The fourth-order valence-corrected chi connectivity index (χ4v) is 5.88. The Balaban J connectivity index is 1.45. The molecule has 0 amide bonds. The minimum Gasteiger partial charge on any atom is -0.356 e. The predicted octanol–water partition coefficient (Wildman–Crippen LogP) is 4.45. The van der Waals surface area contributed by atoms with E-state index >= 15 is 0 Å². The number of guanidine groups is 1. The Kier molecular flexibility index (Phi) is 3.90. The summed E-state index contributed by atoms with van der Waals surface area (Å²) in [6, 6.07) is 6.29. The molecule has 4 aliphatic rings. The smallest absolute Gasteiger partial charge is 0.195 e. The summed E-state index contributed by atoms with van der Waals surface area (Å²) in [4.78, 5) is 4.45. The summed E-state index contributed by atoms with van der Waals surface area (Å²) in [6.07, 6.45) is 9.23. The van der Waals surface area contributed by atoms with E-state index in [0.29, 0.717) is 5.41 Å². The van der Waals surface area contributed by atoms with Crippen LogP contribution in [0.5, 0.6) is 0 Å². The number of benzene rings is 1. The molecule has 0 aliphatic heterocycles. The molecule has 5 rings (SSSR count). The molecular weight excluding hydrogens is 294 g/mol. The van der Waals surface area contributed by atoms with Crippen molar-refractivity contribution in [2.75, 3.05) is 18.9 Å². The van der Waals surface area contributed by atoms with Gasteiger partial charge in [-0.05, 0) is 73.8 Å². The van der Waals surface area contributed by atoms with E-state index in [1.807, 2.05) is 13.1 Å². The van der Waals surface area contributed by atoms with Crippen LogP contribution < -0.4 is 10.6 Å². The summed E-state index contributed by atoms with van der Waals surface area (Å²) in [5.74, 6) is 3.84. The largest absolute Gasteiger partial charge is 0.356 e. The molecule has 4 saturated carbocycles. The van der Waals surface area contributed by atoms with Gasteiger partial charge in [0.25, 0.3) is 0 Å². The van der Waals surface area contributed by atoms with Gasteiger partial charge in [-0.2, -0.15) is 0 Å². The molecule has 24 heavy (non-hydrogen) atoms. The molecule has 2 atom stereocenters. The zero-order chi connectivity index (χ0) is 16.7. The van der Waals surface area contributed by atoms with Gasteiger partial charge in [-0.3, -0.25) is 4.99 Å². The summed E-state index contributed by atoms with van der Waals surface area (Å²) >= 11 is 0. The van der Waals surface area contributed by atoms with Crippen molar-refractivity contribution < 1.29 is 0 Å². The van der Waals surface area contributed by atoms with Gasteiger partial charge >= 0.3 is 0 Å². The van der Waals surface area contributed by atoms with Crippen molar-refractivity contribution in [1.82, 2.24) is 5.32 Å². The van der Waals surface area contributed by atoms with Gasteiger partial charge in [-0.1, -0.05) is 24.8 Å². The zero-order valence-electron chi connectivity index (χ0n) is 14.9. The number of nitrogens with one attached hydrogen (secondary N) is 2. The Bertz CT molecular complexity index is 662. The van der Waals surface area contributed by atoms with Crippen LogP contribution in [0, 0.1) is 30.1 Å². The highest BCUT2D eigenvalue weighted by molar-refractivity contribution is 5.95. The standard InChI is InChI=1S/C21H29N3/c1-4-18-14(2)6-5-7-19(18)24-20(22-3)23-13-21-11-15-8-16(12-21)10-17(21)9-15/h4-7,15-17H,1,8-13H2,2-3H3,(H2,22,23,24). The summed E-state index contributed by atoms with van der Waals surface area (Å²) < 4.78 is 0. The number of nitrogens with zero attached hydrogens (tertiary/aromatic N) is 1. The van der Waals surface area contributed by atoms with Gasteiger partial charge in [-0.15, -0.1) is 0 Å². The molecular formula is C21H29N3. The van der Waals surface area contributed by atoms with E-state index in [-0.39, 0.29) is 0 Å². The van der Waals surface area contributed by atoms with Crippen LogP contribution >= 0.6 is 0 Å². The first-order valence-corrected chi connectivity index (χ1v) is 9.33. The molecule has 0 aromatic heterocycles. The maximum absolute atomic E-state index is 4.45. The maximum Gasteiger partial charge on any atom is 0.195 e. The van der Waals surface area contributed by atoms with Crippen molar-refractivity contribution >= 4 is 17.7 Å². The van der Waals surface area contributed by atoms with E-state index in [1.165, 1.54) is 37.7 Å². The van der Waals surface area contributed by atoms with E-state index in [1.54, 1.807) is 0 Å². The molecule has 0 saturated heterocycles. The normalized spacial score (nSPS) is 33.8. The van der Waals surface area contributed by atoms with Crippen LogP contribution in [0.2, 0.25) is 0 Å². The highest BCUT2D eigenvalue weighted by atomic mass is 15.2. The molecule has 4 aliphatic carbocycles. The molecule has 1 aromatic rings.